The van der Waals surface area contributed by atoms with Crippen LogP contribution < -0.4 is 15.6 Å². The van der Waals surface area contributed by atoms with Crippen molar-refractivity contribution in [3.05, 3.63) is 160 Å². The molecule has 0 saturated carbocycles. The van der Waals surface area contributed by atoms with Crippen molar-refractivity contribution in [1.29, 1.82) is 0 Å². The molecule has 2 heteroatoms. The lowest BCUT2D eigenvalue weighted by atomic mass is 9.99. The summed E-state index contributed by atoms with van der Waals surface area (Å²) in [4.78, 5) is 0. The molecule has 0 heterocycles. The highest BCUT2D eigenvalue weighted by Crippen LogP contribution is 2.21. The molecule has 5 aromatic rings. The molecule has 0 N–H and O–H groups in total. The fraction of sp³-hybridized carbons (Fsp3) is 0.167. The summed E-state index contributed by atoms with van der Waals surface area (Å²) in [5.74, 6) is 0. The van der Waals surface area contributed by atoms with Gasteiger partial charge in [0.05, 0.1) is 0 Å². The Labute approximate surface area is 233 Å². The smallest absolute Gasteiger partial charge is 0.149 e. The van der Waals surface area contributed by atoms with Gasteiger partial charge in [-0.3, -0.25) is 0 Å². The zero-order valence-electron chi connectivity index (χ0n) is 22.8. The molecule has 0 atom stereocenters. The van der Waals surface area contributed by atoms with Crippen LogP contribution in [0, 0.1) is 27.7 Å². The van der Waals surface area contributed by atoms with E-state index in [1.54, 1.807) is 0 Å². The fourth-order valence-corrected chi connectivity index (χ4v) is 10.1. The van der Waals surface area contributed by atoms with Gasteiger partial charge in [0.2, 0.25) is 7.38 Å². The second-order valence-electron chi connectivity index (χ2n) is 10.8. The van der Waals surface area contributed by atoms with Gasteiger partial charge < -0.3 is 0 Å². The van der Waals surface area contributed by atoms with Crippen LogP contribution >= 0.6 is 11.1 Å². The molecule has 0 fully saturated rings. The van der Waals surface area contributed by atoms with E-state index in [9.17, 15) is 0 Å². The van der Waals surface area contributed by atoms with Crippen LogP contribution in [0.5, 0.6) is 0 Å². The molecule has 0 aliphatic rings. The molecule has 0 nitrogen and oxygen atoms in total. The van der Waals surface area contributed by atoms with E-state index >= 15 is 0 Å². The minimum absolute atomic E-state index is 0.886. The topological polar surface area (TPSA) is 0 Å². The van der Waals surface area contributed by atoms with Gasteiger partial charge in [0, 0.05) is 0 Å². The third kappa shape index (κ3) is 5.85. The molecule has 0 bridgehead atoms. The minimum Gasteiger partial charge on any atom is -0.149 e. The van der Waals surface area contributed by atoms with Crippen molar-refractivity contribution in [3.63, 3.8) is 0 Å². The molecule has 0 aliphatic carbocycles. The predicted octanol–water partition coefficient (Wildman–Crippen LogP) is 7.31. The Morgan fingerprint density at radius 1 is 0.421 bits per heavy atom. The van der Waals surface area contributed by atoms with Crippen molar-refractivity contribution in [1.82, 2.24) is 0 Å². The second-order valence-corrected chi connectivity index (χ2v) is 15.5. The van der Waals surface area contributed by atoms with E-state index in [1.165, 1.54) is 60.1 Å². The SMILES string of the molecule is Cc1cc(C)cc([Si](Cl)(c2cc(C)cc(C)c2)c2cc(Cc3ccccc3)cc(Cc3ccccc3)c2)c1. The largest absolute Gasteiger partial charge is 0.247 e. The average Bonchev–Trinajstić information content (AvgIpc) is 2.88. The first-order valence-corrected chi connectivity index (χ1v) is 16.4. The highest BCUT2D eigenvalue weighted by Gasteiger charge is 2.39. The molecule has 190 valence electrons. The molecule has 0 aromatic heterocycles. The second kappa shape index (κ2) is 11.2. The first kappa shape index (κ1) is 26.2. The molecule has 0 amide bonds. The van der Waals surface area contributed by atoms with Gasteiger partial charge in [-0.05, 0) is 78.4 Å². The van der Waals surface area contributed by atoms with Gasteiger partial charge in [-0.15, -0.1) is 11.1 Å². The normalized spacial score (nSPS) is 11.5. The van der Waals surface area contributed by atoms with Crippen molar-refractivity contribution < 1.29 is 0 Å². The van der Waals surface area contributed by atoms with Crippen LogP contribution in [0.1, 0.15) is 44.5 Å². The molecule has 5 aromatic carbocycles. The van der Waals surface area contributed by atoms with Crippen LogP contribution in [0.2, 0.25) is 0 Å². The number of halogens is 1. The first-order valence-electron chi connectivity index (χ1n) is 13.4. The summed E-state index contributed by atoms with van der Waals surface area (Å²) in [5, 5.41) is 3.77. The summed E-state index contributed by atoms with van der Waals surface area (Å²) in [7, 11) is -2.83. The Hall–Kier alpha value is -3.39. The van der Waals surface area contributed by atoms with E-state index in [-0.39, 0.29) is 0 Å². The summed E-state index contributed by atoms with van der Waals surface area (Å²) in [6, 6.07) is 42.4. The Bertz CT molecular complexity index is 1400. The number of hydrogen-bond donors (Lipinski definition) is 0. The van der Waals surface area contributed by atoms with E-state index in [1.807, 2.05) is 0 Å². The average molecular weight is 531 g/mol. The van der Waals surface area contributed by atoms with E-state index in [2.05, 4.69) is 143 Å². The van der Waals surface area contributed by atoms with Crippen molar-refractivity contribution in [2.75, 3.05) is 0 Å². The van der Waals surface area contributed by atoms with Crippen molar-refractivity contribution in [2.24, 2.45) is 0 Å². The van der Waals surface area contributed by atoms with Crippen LogP contribution in [-0.2, 0) is 12.8 Å². The first-order chi connectivity index (χ1) is 18.3. The van der Waals surface area contributed by atoms with Gasteiger partial charge in [0.15, 0.2) is 0 Å². The Morgan fingerprint density at radius 3 is 1.13 bits per heavy atom. The summed E-state index contributed by atoms with van der Waals surface area (Å²) in [6.45, 7) is 8.71. The van der Waals surface area contributed by atoms with Gasteiger partial charge >= 0.3 is 0 Å². The van der Waals surface area contributed by atoms with Crippen molar-refractivity contribution in [2.45, 2.75) is 40.5 Å². The number of aryl methyl sites for hydroxylation is 4. The van der Waals surface area contributed by atoms with E-state index in [4.69, 9.17) is 11.1 Å². The maximum Gasteiger partial charge on any atom is 0.247 e. The lowest BCUT2D eigenvalue weighted by molar-refractivity contribution is 1.14. The standard InChI is InChI=1S/C36H35ClSi/c1-26-15-27(2)18-34(17-26)38(37,35-19-28(3)16-29(4)20-35)36-24-32(21-30-11-7-5-8-12-30)23-33(25-36)22-31-13-9-6-10-14-31/h5-20,23-25H,21-22H2,1-4H3. The maximum absolute atomic E-state index is 8.09. The molecule has 5 rings (SSSR count). The summed E-state index contributed by atoms with van der Waals surface area (Å²) in [6.07, 6.45) is 1.77. The highest BCUT2D eigenvalue weighted by atomic mass is 35.6. The lowest BCUT2D eigenvalue weighted by Gasteiger charge is -2.29. The van der Waals surface area contributed by atoms with Crippen LogP contribution in [0.25, 0.3) is 0 Å². The Kier molecular flexibility index (Phi) is 7.70. The molecule has 0 spiro atoms. The predicted molar refractivity (Wildman–Crippen MR) is 167 cm³/mol. The number of rotatable bonds is 7. The highest BCUT2D eigenvalue weighted by molar-refractivity contribution is 7.40. The van der Waals surface area contributed by atoms with Gasteiger partial charge in [0.25, 0.3) is 0 Å². The van der Waals surface area contributed by atoms with Crippen LogP contribution in [-0.4, -0.2) is 7.38 Å². The quantitative estimate of drug-likeness (QED) is 0.117. The summed E-state index contributed by atoms with van der Waals surface area (Å²) < 4.78 is 0. The van der Waals surface area contributed by atoms with Crippen molar-refractivity contribution >= 4 is 34.0 Å². The maximum atomic E-state index is 8.09. The molecule has 0 radical (unpaired) electrons. The zero-order chi connectivity index (χ0) is 26.7. The fourth-order valence-electron chi connectivity index (χ4n) is 5.68. The molecular weight excluding hydrogens is 496 g/mol. The van der Waals surface area contributed by atoms with Crippen LogP contribution in [0.3, 0.4) is 0 Å². The summed E-state index contributed by atoms with van der Waals surface area (Å²) in [5.41, 5.74) is 10.3. The van der Waals surface area contributed by atoms with Gasteiger partial charge in [-0.2, -0.15) is 0 Å². The van der Waals surface area contributed by atoms with E-state index in [0.717, 1.165) is 12.8 Å². The van der Waals surface area contributed by atoms with Gasteiger partial charge in [0.1, 0.15) is 0 Å². The lowest BCUT2D eigenvalue weighted by Crippen LogP contribution is -2.63. The molecule has 0 saturated heterocycles. The van der Waals surface area contributed by atoms with E-state index < -0.39 is 7.38 Å². The number of benzene rings is 5. The van der Waals surface area contributed by atoms with Gasteiger partial charge in [-0.25, -0.2) is 0 Å². The van der Waals surface area contributed by atoms with Crippen molar-refractivity contribution in [3.8, 4) is 0 Å². The molecular formula is C36H35ClSi. The van der Waals surface area contributed by atoms with Crippen LogP contribution in [0.15, 0.2) is 115 Å². The zero-order valence-corrected chi connectivity index (χ0v) is 24.5. The molecule has 38 heavy (non-hydrogen) atoms. The monoisotopic (exact) mass is 530 g/mol. The molecule has 0 aliphatic heterocycles. The summed E-state index contributed by atoms with van der Waals surface area (Å²) >= 11 is 8.09. The van der Waals surface area contributed by atoms with Gasteiger partial charge in [-0.1, -0.05) is 138 Å². The Morgan fingerprint density at radius 2 is 0.763 bits per heavy atom. The van der Waals surface area contributed by atoms with Crippen LogP contribution in [0.4, 0.5) is 0 Å². The molecule has 0 unspecified atom stereocenters. The third-order valence-electron chi connectivity index (χ3n) is 7.19. The Balaban J connectivity index is 1.74. The van der Waals surface area contributed by atoms with E-state index in [0.29, 0.717) is 0 Å². The number of hydrogen-bond acceptors (Lipinski definition) is 0. The third-order valence-corrected chi connectivity index (χ3v) is 12.4. The minimum atomic E-state index is -2.83.